The fourth-order valence-electron chi connectivity index (χ4n) is 3.52. The highest BCUT2D eigenvalue weighted by Crippen LogP contribution is 2.18. The zero-order valence-electron chi connectivity index (χ0n) is 16.8. The summed E-state index contributed by atoms with van der Waals surface area (Å²) in [6, 6.07) is 14.7. The van der Waals surface area contributed by atoms with Crippen molar-refractivity contribution < 1.29 is 4.74 Å². The lowest BCUT2D eigenvalue weighted by atomic mass is 10.1. The zero-order valence-corrected chi connectivity index (χ0v) is 20.0. The number of hydrogen-bond acceptors (Lipinski definition) is 3. The van der Waals surface area contributed by atoms with Crippen LogP contribution in [0.4, 0.5) is 0 Å². The summed E-state index contributed by atoms with van der Waals surface area (Å²) in [5, 5.41) is 5.72. The van der Waals surface area contributed by atoms with Crippen molar-refractivity contribution in [3.05, 3.63) is 58.3 Å². The summed E-state index contributed by atoms with van der Waals surface area (Å²) in [7, 11) is 1.88. The highest BCUT2D eigenvalue weighted by atomic mass is 127. The standard InChI is InChI=1S/C22H31N3OS.HI/c1-18(13-21-9-6-12-27-21)14-24-22(23-2)25-11-10-20(15-25)17-26-16-19-7-4-3-5-8-19;/h3-9,12,18,20H,10-11,13-17H2,1-2H3,(H,23,24);1H. The Bertz CT molecular complexity index is 693. The van der Waals surface area contributed by atoms with E-state index in [9.17, 15) is 0 Å². The number of ether oxygens (including phenoxy) is 1. The molecule has 1 fully saturated rings. The third-order valence-corrected chi connectivity index (χ3v) is 5.90. The zero-order chi connectivity index (χ0) is 18.9. The van der Waals surface area contributed by atoms with Gasteiger partial charge in [-0.15, -0.1) is 35.3 Å². The molecule has 1 aliphatic heterocycles. The van der Waals surface area contributed by atoms with Crippen LogP contribution < -0.4 is 5.32 Å². The molecule has 2 atom stereocenters. The van der Waals surface area contributed by atoms with Gasteiger partial charge in [-0.1, -0.05) is 43.3 Å². The van der Waals surface area contributed by atoms with E-state index in [1.165, 1.54) is 16.9 Å². The monoisotopic (exact) mass is 513 g/mol. The topological polar surface area (TPSA) is 36.9 Å². The summed E-state index contributed by atoms with van der Waals surface area (Å²) >= 11 is 1.84. The lowest BCUT2D eigenvalue weighted by Crippen LogP contribution is -2.42. The molecule has 4 nitrogen and oxygen atoms in total. The Hall–Kier alpha value is -1.12. The van der Waals surface area contributed by atoms with Crippen LogP contribution in [0.1, 0.15) is 23.8 Å². The minimum Gasteiger partial charge on any atom is -0.376 e. The van der Waals surface area contributed by atoms with Gasteiger partial charge in [0.1, 0.15) is 0 Å². The van der Waals surface area contributed by atoms with Crippen molar-refractivity contribution in [1.29, 1.82) is 0 Å². The van der Waals surface area contributed by atoms with Gasteiger partial charge >= 0.3 is 0 Å². The first-order chi connectivity index (χ1) is 13.2. The normalized spacial score (nSPS) is 18.0. The first-order valence-electron chi connectivity index (χ1n) is 9.84. The lowest BCUT2D eigenvalue weighted by Gasteiger charge is -2.23. The van der Waals surface area contributed by atoms with Crippen LogP contribution in [0.2, 0.25) is 0 Å². The molecule has 0 amide bonds. The largest absolute Gasteiger partial charge is 0.376 e. The maximum Gasteiger partial charge on any atom is 0.193 e. The molecule has 3 rings (SSSR count). The van der Waals surface area contributed by atoms with Gasteiger partial charge in [-0.3, -0.25) is 4.99 Å². The van der Waals surface area contributed by atoms with Gasteiger partial charge in [0, 0.05) is 37.5 Å². The number of hydrogen-bond donors (Lipinski definition) is 1. The smallest absolute Gasteiger partial charge is 0.193 e. The molecule has 0 saturated carbocycles. The third kappa shape index (κ3) is 7.37. The number of benzene rings is 1. The molecule has 154 valence electrons. The van der Waals surface area contributed by atoms with E-state index in [0.29, 0.717) is 18.4 Å². The fraction of sp³-hybridized carbons (Fsp3) is 0.500. The van der Waals surface area contributed by atoms with E-state index in [-0.39, 0.29) is 24.0 Å². The Kier molecular flexibility index (Phi) is 10.3. The molecule has 1 aliphatic rings. The molecule has 2 unspecified atom stereocenters. The van der Waals surface area contributed by atoms with E-state index < -0.39 is 0 Å². The van der Waals surface area contributed by atoms with Crippen LogP contribution in [0.15, 0.2) is 52.8 Å². The van der Waals surface area contributed by atoms with Crippen molar-refractivity contribution in [1.82, 2.24) is 10.2 Å². The van der Waals surface area contributed by atoms with Gasteiger partial charge in [-0.05, 0) is 35.8 Å². The molecule has 0 spiro atoms. The number of aliphatic imine (C=N–C) groups is 1. The van der Waals surface area contributed by atoms with E-state index in [4.69, 9.17) is 4.74 Å². The molecule has 0 radical (unpaired) electrons. The van der Waals surface area contributed by atoms with Crippen molar-refractivity contribution in [3.8, 4) is 0 Å². The lowest BCUT2D eigenvalue weighted by molar-refractivity contribution is 0.0906. The second kappa shape index (κ2) is 12.4. The Labute approximate surface area is 190 Å². The van der Waals surface area contributed by atoms with Crippen LogP contribution in [0.5, 0.6) is 0 Å². The van der Waals surface area contributed by atoms with E-state index in [0.717, 1.165) is 38.6 Å². The van der Waals surface area contributed by atoms with Crippen molar-refractivity contribution in [2.24, 2.45) is 16.8 Å². The average molecular weight is 513 g/mol. The van der Waals surface area contributed by atoms with E-state index in [1.54, 1.807) is 0 Å². The van der Waals surface area contributed by atoms with Gasteiger partial charge in [0.2, 0.25) is 0 Å². The minimum absolute atomic E-state index is 0. The van der Waals surface area contributed by atoms with E-state index >= 15 is 0 Å². The molecular weight excluding hydrogens is 481 g/mol. The van der Waals surface area contributed by atoms with Gasteiger partial charge in [0.15, 0.2) is 5.96 Å². The maximum absolute atomic E-state index is 5.94. The second-order valence-electron chi connectivity index (χ2n) is 7.42. The number of guanidine groups is 1. The van der Waals surface area contributed by atoms with E-state index in [1.807, 2.05) is 24.5 Å². The van der Waals surface area contributed by atoms with Gasteiger partial charge < -0.3 is 15.0 Å². The summed E-state index contributed by atoms with van der Waals surface area (Å²) in [5.74, 6) is 2.20. The van der Waals surface area contributed by atoms with Crippen LogP contribution in [0, 0.1) is 11.8 Å². The third-order valence-electron chi connectivity index (χ3n) is 5.00. The molecule has 1 N–H and O–H groups in total. The SMILES string of the molecule is CN=C(NCC(C)Cc1cccs1)N1CCC(COCc2ccccc2)C1.I. The molecule has 2 heterocycles. The Morgan fingerprint density at radius 1 is 1.29 bits per heavy atom. The predicted octanol–water partition coefficient (Wildman–Crippen LogP) is 4.66. The number of nitrogens with zero attached hydrogens (tertiary/aromatic N) is 2. The van der Waals surface area contributed by atoms with Crippen LogP contribution in [0.3, 0.4) is 0 Å². The first-order valence-corrected chi connectivity index (χ1v) is 10.7. The maximum atomic E-state index is 5.94. The summed E-state index contributed by atoms with van der Waals surface area (Å²) in [5.41, 5.74) is 1.24. The van der Waals surface area contributed by atoms with Gasteiger partial charge in [-0.25, -0.2) is 0 Å². The van der Waals surface area contributed by atoms with Crippen LogP contribution in [0.25, 0.3) is 0 Å². The average Bonchev–Trinajstić information content (AvgIpc) is 3.36. The Balaban J connectivity index is 0.00000280. The van der Waals surface area contributed by atoms with Crippen molar-refractivity contribution in [2.45, 2.75) is 26.4 Å². The van der Waals surface area contributed by atoms with Gasteiger partial charge in [0.05, 0.1) is 13.2 Å². The van der Waals surface area contributed by atoms with Crippen molar-refractivity contribution in [2.75, 3.05) is 33.3 Å². The number of thiophene rings is 1. The van der Waals surface area contributed by atoms with Crippen molar-refractivity contribution in [3.63, 3.8) is 0 Å². The molecule has 1 saturated heterocycles. The highest BCUT2D eigenvalue weighted by Gasteiger charge is 2.25. The molecule has 1 aromatic heterocycles. The quantitative estimate of drug-likeness (QED) is 0.317. The van der Waals surface area contributed by atoms with Crippen LogP contribution in [-0.4, -0.2) is 44.1 Å². The highest BCUT2D eigenvalue weighted by molar-refractivity contribution is 14.0. The number of halogens is 1. The molecule has 28 heavy (non-hydrogen) atoms. The van der Waals surface area contributed by atoms with E-state index in [2.05, 4.69) is 63.9 Å². The Morgan fingerprint density at radius 2 is 2.11 bits per heavy atom. The molecular formula is C22H32IN3OS. The summed E-state index contributed by atoms with van der Waals surface area (Å²) in [6.45, 7) is 6.84. The van der Waals surface area contributed by atoms with Gasteiger partial charge in [-0.2, -0.15) is 0 Å². The first kappa shape index (κ1) is 23.2. The summed E-state index contributed by atoms with van der Waals surface area (Å²) in [6.07, 6.45) is 2.29. The van der Waals surface area contributed by atoms with Crippen LogP contribution in [-0.2, 0) is 17.8 Å². The molecule has 0 aliphatic carbocycles. The molecule has 6 heteroatoms. The summed E-state index contributed by atoms with van der Waals surface area (Å²) < 4.78 is 5.94. The second-order valence-corrected chi connectivity index (χ2v) is 8.45. The number of rotatable bonds is 8. The predicted molar refractivity (Wildman–Crippen MR) is 130 cm³/mol. The Morgan fingerprint density at radius 3 is 2.82 bits per heavy atom. The molecule has 1 aromatic carbocycles. The minimum atomic E-state index is 0. The number of likely N-dealkylation sites (tertiary alicyclic amines) is 1. The van der Waals surface area contributed by atoms with Gasteiger partial charge in [0.25, 0.3) is 0 Å². The van der Waals surface area contributed by atoms with Crippen molar-refractivity contribution >= 4 is 41.3 Å². The number of nitrogens with one attached hydrogen (secondary N) is 1. The summed E-state index contributed by atoms with van der Waals surface area (Å²) in [4.78, 5) is 8.32. The molecule has 2 aromatic rings. The fourth-order valence-corrected chi connectivity index (χ4v) is 4.39. The molecule has 0 bridgehead atoms. The van der Waals surface area contributed by atoms with Crippen LogP contribution >= 0.6 is 35.3 Å².